The Hall–Kier alpha value is -1.04. The van der Waals surface area contributed by atoms with Crippen LogP contribution >= 0.6 is 15.9 Å². The summed E-state index contributed by atoms with van der Waals surface area (Å²) in [5, 5.41) is 0. The molecule has 0 aromatic carbocycles. The van der Waals surface area contributed by atoms with E-state index in [1.807, 2.05) is 0 Å². The second-order valence-electron chi connectivity index (χ2n) is 2.36. The largest absolute Gasteiger partial charge is 0.464 e. The molecule has 76 valence electrons. The second-order valence-corrected chi connectivity index (χ2v) is 3.18. The van der Waals surface area contributed by atoms with Gasteiger partial charge in [0.2, 0.25) is 0 Å². The van der Waals surface area contributed by atoms with E-state index in [0.717, 1.165) is 13.2 Å². The Morgan fingerprint density at radius 2 is 2.21 bits per heavy atom. The summed E-state index contributed by atoms with van der Waals surface area (Å²) in [6.07, 6.45) is -2.75. The number of rotatable bonds is 2. The maximum absolute atomic E-state index is 12.4. The highest BCUT2D eigenvalue weighted by atomic mass is 79.9. The number of carbonyl (C=O) groups is 1. The van der Waals surface area contributed by atoms with Gasteiger partial charge >= 0.3 is 5.97 Å². The predicted molar refractivity (Wildman–Crippen MR) is 48.2 cm³/mol. The second kappa shape index (κ2) is 4.45. The highest BCUT2D eigenvalue weighted by molar-refractivity contribution is 9.10. The number of aromatic nitrogens is 1. The van der Waals surface area contributed by atoms with Crippen molar-refractivity contribution in [2.24, 2.45) is 0 Å². The molecular weight excluding hydrogens is 260 g/mol. The van der Waals surface area contributed by atoms with Crippen LogP contribution < -0.4 is 0 Å². The van der Waals surface area contributed by atoms with Crippen LogP contribution in [0, 0.1) is 0 Å². The lowest BCUT2D eigenvalue weighted by Gasteiger charge is -2.05. The van der Waals surface area contributed by atoms with E-state index in [1.165, 1.54) is 6.07 Å². The van der Waals surface area contributed by atoms with Gasteiger partial charge in [-0.3, -0.25) is 0 Å². The van der Waals surface area contributed by atoms with Gasteiger partial charge in [0.05, 0.1) is 12.7 Å². The Morgan fingerprint density at radius 3 is 2.71 bits per heavy atom. The molecule has 0 amide bonds. The number of hydrogen-bond donors (Lipinski definition) is 0. The molecule has 0 spiro atoms. The first-order valence-corrected chi connectivity index (χ1v) is 4.38. The quantitative estimate of drug-likeness (QED) is 0.610. The zero-order valence-corrected chi connectivity index (χ0v) is 8.72. The Labute approximate surface area is 87.2 Å². The fraction of sp³-hybridized carbons (Fsp3) is 0.250. The number of esters is 1. The Kier molecular flexibility index (Phi) is 3.51. The lowest BCUT2D eigenvalue weighted by Crippen LogP contribution is -2.09. The minimum Gasteiger partial charge on any atom is -0.464 e. The first kappa shape index (κ1) is 11.0. The number of pyridine rings is 1. The van der Waals surface area contributed by atoms with Crippen molar-refractivity contribution in [3.8, 4) is 0 Å². The molecule has 0 fully saturated rings. The fourth-order valence-corrected chi connectivity index (χ4v) is 1.19. The van der Waals surface area contributed by atoms with E-state index in [9.17, 15) is 13.6 Å². The molecule has 1 rings (SSSR count). The van der Waals surface area contributed by atoms with Crippen molar-refractivity contribution in [1.82, 2.24) is 4.98 Å². The van der Waals surface area contributed by atoms with Crippen molar-refractivity contribution in [2.75, 3.05) is 7.11 Å². The van der Waals surface area contributed by atoms with Crippen LogP contribution in [-0.4, -0.2) is 18.1 Å². The molecule has 0 radical (unpaired) electrons. The summed E-state index contributed by atoms with van der Waals surface area (Å²) >= 11 is 2.98. The van der Waals surface area contributed by atoms with Crippen LogP contribution in [0.4, 0.5) is 8.78 Å². The highest BCUT2D eigenvalue weighted by Crippen LogP contribution is 2.23. The lowest BCUT2D eigenvalue weighted by molar-refractivity contribution is 0.0581. The normalized spacial score (nSPS) is 10.4. The minimum absolute atomic E-state index is 0.308. The number of nitrogens with zero attached hydrogens (tertiary/aromatic N) is 1. The zero-order chi connectivity index (χ0) is 10.7. The SMILES string of the molecule is COC(=O)c1nc(Br)ccc1C(F)F. The maximum atomic E-state index is 12.4. The number of methoxy groups -OCH3 is 1. The molecule has 0 N–H and O–H groups in total. The summed E-state index contributed by atoms with van der Waals surface area (Å²) in [5.74, 6) is -0.874. The third-order valence-electron chi connectivity index (χ3n) is 1.51. The molecular formula is C8H6BrF2NO2. The highest BCUT2D eigenvalue weighted by Gasteiger charge is 2.20. The van der Waals surface area contributed by atoms with Crippen LogP contribution in [-0.2, 0) is 4.74 Å². The van der Waals surface area contributed by atoms with E-state index >= 15 is 0 Å². The van der Waals surface area contributed by atoms with Gasteiger partial charge in [0.1, 0.15) is 4.60 Å². The van der Waals surface area contributed by atoms with Crippen LogP contribution in [0.2, 0.25) is 0 Å². The van der Waals surface area contributed by atoms with Crippen LogP contribution in [0.1, 0.15) is 22.5 Å². The molecule has 0 aliphatic carbocycles. The minimum atomic E-state index is -2.75. The van der Waals surface area contributed by atoms with Crippen LogP contribution in [0.25, 0.3) is 0 Å². The summed E-state index contributed by atoms with van der Waals surface area (Å²) in [5.41, 5.74) is -0.795. The van der Waals surface area contributed by atoms with E-state index in [0.29, 0.717) is 4.60 Å². The molecule has 6 heteroatoms. The molecule has 0 aliphatic heterocycles. The van der Waals surface area contributed by atoms with Gasteiger partial charge in [0.15, 0.2) is 5.69 Å². The molecule has 1 aromatic heterocycles. The Morgan fingerprint density at radius 1 is 1.57 bits per heavy atom. The van der Waals surface area contributed by atoms with Gasteiger partial charge in [-0.1, -0.05) is 0 Å². The summed E-state index contributed by atoms with van der Waals surface area (Å²) in [4.78, 5) is 14.7. The zero-order valence-electron chi connectivity index (χ0n) is 7.13. The van der Waals surface area contributed by atoms with E-state index in [-0.39, 0.29) is 5.69 Å². The number of carbonyl (C=O) groups excluding carboxylic acids is 1. The maximum Gasteiger partial charge on any atom is 0.357 e. The van der Waals surface area contributed by atoms with Crippen LogP contribution in [0.3, 0.4) is 0 Å². The fourth-order valence-electron chi connectivity index (χ4n) is 0.882. The van der Waals surface area contributed by atoms with Gasteiger partial charge in [-0.25, -0.2) is 18.6 Å². The van der Waals surface area contributed by atoms with E-state index in [1.54, 1.807) is 0 Å². The first-order chi connectivity index (χ1) is 6.56. The summed E-state index contributed by atoms with van der Waals surface area (Å²) in [7, 11) is 1.11. The summed E-state index contributed by atoms with van der Waals surface area (Å²) in [6.45, 7) is 0. The topological polar surface area (TPSA) is 39.2 Å². The van der Waals surface area contributed by atoms with Gasteiger partial charge in [0, 0.05) is 0 Å². The number of alkyl halides is 2. The third kappa shape index (κ3) is 2.25. The van der Waals surface area contributed by atoms with Crippen molar-refractivity contribution in [2.45, 2.75) is 6.43 Å². The molecule has 14 heavy (non-hydrogen) atoms. The molecule has 0 unspecified atom stereocenters. The molecule has 1 heterocycles. The molecule has 0 bridgehead atoms. The van der Waals surface area contributed by atoms with Crippen molar-refractivity contribution in [3.05, 3.63) is 28.0 Å². The van der Waals surface area contributed by atoms with E-state index in [4.69, 9.17) is 0 Å². The average Bonchev–Trinajstić information content (AvgIpc) is 2.16. The number of halogens is 3. The van der Waals surface area contributed by atoms with Gasteiger partial charge < -0.3 is 4.74 Å². The van der Waals surface area contributed by atoms with Crippen molar-refractivity contribution in [1.29, 1.82) is 0 Å². The number of ether oxygens (including phenoxy) is 1. The van der Waals surface area contributed by atoms with Gasteiger partial charge in [-0.15, -0.1) is 0 Å². The lowest BCUT2D eigenvalue weighted by atomic mass is 10.2. The molecule has 0 aliphatic rings. The molecule has 0 atom stereocenters. The van der Waals surface area contributed by atoms with Crippen LogP contribution in [0.15, 0.2) is 16.7 Å². The summed E-state index contributed by atoms with van der Waals surface area (Å²) < 4.78 is 29.4. The van der Waals surface area contributed by atoms with E-state index < -0.39 is 18.0 Å². The van der Waals surface area contributed by atoms with E-state index in [2.05, 4.69) is 25.7 Å². The average molecular weight is 266 g/mol. The van der Waals surface area contributed by atoms with Gasteiger partial charge in [0.25, 0.3) is 6.43 Å². The first-order valence-electron chi connectivity index (χ1n) is 3.59. The monoisotopic (exact) mass is 265 g/mol. The van der Waals surface area contributed by atoms with Crippen molar-refractivity contribution in [3.63, 3.8) is 0 Å². The molecule has 3 nitrogen and oxygen atoms in total. The molecule has 0 saturated carbocycles. The standard InChI is InChI=1S/C8H6BrF2NO2/c1-14-8(13)6-4(7(10)11)2-3-5(9)12-6/h2-3,7H,1H3. The Bertz CT molecular complexity index is 357. The number of hydrogen-bond acceptors (Lipinski definition) is 3. The van der Waals surface area contributed by atoms with Crippen molar-refractivity contribution >= 4 is 21.9 Å². The Balaban J connectivity index is 3.22. The van der Waals surface area contributed by atoms with Crippen LogP contribution in [0.5, 0.6) is 0 Å². The third-order valence-corrected chi connectivity index (χ3v) is 1.95. The summed E-state index contributed by atoms with van der Waals surface area (Å²) in [6, 6.07) is 2.47. The van der Waals surface area contributed by atoms with Gasteiger partial charge in [-0.2, -0.15) is 0 Å². The molecule has 1 aromatic rings. The smallest absolute Gasteiger partial charge is 0.357 e. The molecule has 0 saturated heterocycles. The van der Waals surface area contributed by atoms with Crippen molar-refractivity contribution < 1.29 is 18.3 Å². The van der Waals surface area contributed by atoms with Gasteiger partial charge in [-0.05, 0) is 28.1 Å². The predicted octanol–water partition coefficient (Wildman–Crippen LogP) is 2.57.